The molecule has 1 aliphatic heterocycles. The predicted octanol–water partition coefficient (Wildman–Crippen LogP) is 3.33. The zero-order valence-corrected chi connectivity index (χ0v) is 11.8. The molecule has 0 unspecified atom stereocenters. The molecule has 0 aliphatic carbocycles. The van der Waals surface area contributed by atoms with Crippen LogP contribution < -0.4 is 15.0 Å². The molecule has 0 amide bonds. The fourth-order valence-corrected chi connectivity index (χ4v) is 2.69. The number of benzene rings is 2. The molecule has 3 rings (SSSR count). The fourth-order valence-electron chi connectivity index (χ4n) is 2.69. The van der Waals surface area contributed by atoms with Crippen molar-refractivity contribution in [2.75, 3.05) is 25.1 Å². The first-order valence-electron chi connectivity index (χ1n) is 7.12. The molecule has 2 aromatic carbocycles. The van der Waals surface area contributed by atoms with Gasteiger partial charge in [0.1, 0.15) is 5.75 Å². The van der Waals surface area contributed by atoms with E-state index < -0.39 is 0 Å². The molecule has 1 N–H and O–H groups in total. The van der Waals surface area contributed by atoms with E-state index in [-0.39, 0.29) is 0 Å². The van der Waals surface area contributed by atoms with Gasteiger partial charge >= 0.3 is 0 Å². The van der Waals surface area contributed by atoms with Crippen molar-refractivity contribution < 1.29 is 4.74 Å². The SMILES string of the molecule is CNCc1ccccc1N1CCCOc2ccccc21. The van der Waals surface area contributed by atoms with Crippen molar-refractivity contribution >= 4 is 11.4 Å². The number of nitrogens with one attached hydrogen (secondary N) is 1. The zero-order valence-electron chi connectivity index (χ0n) is 11.8. The van der Waals surface area contributed by atoms with Crippen LogP contribution in [-0.2, 0) is 6.54 Å². The van der Waals surface area contributed by atoms with E-state index >= 15 is 0 Å². The predicted molar refractivity (Wildman–Crippen MR) is 82.8 cm³/mol. The lowest BCUT2D eigenvalue weighted by Crippen LogP contribution is -2.20. The monoisotopic (exact) mass is 268 g/mol. The van der Waals surface area contributed by atoms with Crippen molar-refractivity contribution in [3.8, 4) is 5.75 Å². The Bertz CT molecular complexity index is 583. The van der Waals surface area contributed by atoms with Crippen LogP contribution in [0.4, 0.5) is 11.4 Å². The van der Waals surface area contributed by atoms with Gasteiger partial charge in [0.15, 0.2) is 0 Å². The highest BCUT2D eigenvalue weighted by atomic mass is 16.5. The molecule has 20 heavy (non-hydrogen) atoms. The van der Waals surface area contributed by atoms with E-state index in [1.54, 1.807) is 0 Å². The van der Waals surface area contributed by atoms with Gasteiger partial charge in [-0.25, -0.2) is 0 Å². The molecule has 0 atom stereocenters. The summed E-state index contributed by atoms with van der Waals surface area (Å²) < 4.78 is 5.84. The highest BCUT2D eigenvalue weighted by Crippen LogP contribution is 2.37. The summed E-state index contributed by atoms with van der Waals surface area (Å²) in [7, 11) is 1.98. The molecule has 1 aliphatic rings. The van der Waals surface area contributed by atoms with Crippen LogP contribution in [0.5, 0.6) is 5.75 Å². The van der Waals surface area contributed by atoms with Crippen molar-refractivity contribution in [3.63, 3.8) is 0 Å². The van der Waals surface area contributed by atoms with E-state index in [9.17, 15) is 0 Å². The van der Waals surface area contributed by atoms with Crippen molar-refractivity contribution in [1.29, 1.82) is 0 Å². The Hall–Kier alpha value is -2.00. The molecule has 0 bridgehead atoms. The normalized spacial score (nSPS) is 14.3. The van der Waals surface area contributed by atoms with Gasteiger partial charge in [0.05, 0.1) is 12.3 Å². The summed E-state index contributed by atoms with van der Waals surface area (Å²) in [5.41, 5.74) is 3.74. The van der Waals surface area contributed by atoms with Gasteiger partial charge in [0.2, 0.25) is 0 Å². The second kappa shape index (κ2) is 5.97. The van der Waals surface area contributed by atoms with Gasteiger partial charge in [0.25, 0.3) is 0 Å². The maximum absolute atomic E-state index is 5.84. The second-order valence-corrected chi connectivity index (χ2v) is 4.98. The van der Waals surface area contributed by atoms with Crippen LogP contribution in [0.25, 0.3) is 0 Å². The summed E-state index contributed by atoms with van der Waals surface area (Å²) in [6.45, 7) is 2.63. The second-order valence-electron chi connectivity index (χ2n) is 4.98. The molecule has 0 radical (unpaired) electrons. The van der Waals surface area contributed by atoms with E-state index in [1.807, 2.05) is 19.2 Å². The molecule has 104 valence electrons. The molecule has 0 spiro atoms. The molecule has 0 aromatic heterocycles. The van der Waals surface area contributed by atoms with E-state index in [4.69, 9.17) is 4.74 Å². The number of nitrogens with zero attached hydrogens (tertiary/aromatic N) is 1. The van der Waals surface area contributed by atoms with Crippen LogP contribution in [0.1, 0.15) is 12.0 Å². The molecule has 3 heteroatoms. The Kier molecular flexibility index (Phi) is 3.88. The van der Waals surface area contributed by atoms with Gasteiger partial charge in [-0.3, -0.25) is 0 Å². The number of anilines is 2. The molecule has 0 saturated heterocycles. The highest BCUT2D eigenvalue weighted by molar-refractivity contribution is 5.71. The summed E-state index contributed by atoms with van der Waals surface area (Å²) in [5, 5.41) is 3.25. The molecule has 1 heterocycles. The Morgan fingerprint density at radius 2 is 1.80 bits per heavy atom. The van der Waals surface area contributed by atoms with Crippen LogP contribution in [0.3, 0.4) is 0 Å². The first kappa shape index (κ1) is 13.0. The van der Waals surface area contributed by atoms with E-state index in [0.29, 0.717) is 0 Å². The van der Waals surface area contributed by atoms with Crippen molar-refractivity contribution in [2.24, 2.45) is 0 Å². The third-order valence-corrected chi connectivity index (χ3v) is 3.59. The van der Waals surface area contributed by atoms with Crippen molar-refractivity contribution in [2.45, 2.75) is 13.0 Å². The largest absolute Gasteiger partial charge is 0.491 e. The van der Waals surface area contributed by atoms with E-state index in [1.165, 1.54) is 11.3 Å². The first-order valence-corrected chi connectivity index (χ1v) is 7.12. The average molecular weight is 268 g/mol. The van der Waals surface area contributed by atoms with Gasteiger partial charge in [-0.2, -0.15) is 0 Å². The lowest BCUT2D eigenvalue weighted by Gasteiger charge is -2.26. The number of rotatable bonds is 3. The number of ether oxygens (including phenoxy) is 1. The third kappa shape index (κ3) is 2.49. The summed E-state index contributed by atoms with van der Waals surface area (Å²) in [6, 6.07) is 16.8. The maximum Gasteiger partial charge on any atom is 0.142 e. The van der Waals surface area contributed by atoms with Crippen LogP contribution in [0.2, 0.25) is 0 Å². The van der Waals surface area contributed by atoms with E-state index in [0.717, 1.165) is 37.6 Å². The van der Waals surface area contributed by atoms with Gasteiger partial charge in [-0.1, -0.05) is 30.3 Å². The summed E-state index contributed by atoms with van der Waals surface area (Å²) in [6.07, 6.45) is 1.03. The van der Waals surface area contributed by atoms with Gasteiger partial charge < -0.3 is 15.0 Å². The lowest BCUT2D eigenvalue weighted by atomic mass is 10.1. The van der Waals surface area contributed by atoms with Gasteiger partial charge in [0, 0.05) is 18.8 Å². The summed E-state index contributed by atoms with van der Waals surface area (Å²) >= 11 is 0. The van der Waals surface area contributed by atoms with Crippen molar-refractivity contribution in [1.82, 2.24) is 5.32 Å². The van der Waals surface area contributed by atoms with Crippen LogP contribution >= 0.6 is 0 Å². The average Bonchev–Trinajstić information content (AvgIpc) is 2.71. The lowest BCUT2D eigenvalue weighted by molar-refractivity contribution is 0.322. The molecule has 3 nitrogen and oxygen atoms in total. The molecule has 0 saturated carbocycles. The molecule has 0 fully saturated rings. The zero-order chi connectivity index (χ0) is 13.8. The molecular weight excluding hydrogens is 248 g/mol. The quantitative estimate of drug-likeness (QED) is 0.924. The minimum absolute atomic E-state index is 0.779. The van der Waals surface area contributed by atoms with Crippen LogP contribution in [0, 0.1) is 0 Å². The Labute approximate surface area is 120 Å². The number of para-hydroxylation sites is 3. The Balaban J connectivity index is 2.05. The highest BCUT2D eigenvalue weighted by Gasteiger charge is 2.19. The third-order valence-electron chi connectivity index (χ3n) is 3.59. The van der Waals surface area contributed by atoms with Gasteiger partial charge in [-0.05, 0) is 37.2 Å². The number of hydrogen-bond donors (Lipinski definition) is 1. The standard InChI is InChI=1S/C17H20N2O/c1-18-13-14-7-2-3-8-15(14)19-11-6-12-20-17-10-5-4-9-16(17)19/h2-5,7-10,18H,6,11-13H2,1H3. The minimum atomic E-state index is 0.779. The van der Waals surface area contributed by atoms with Crippen molar-refractivity contribution in [3.05, 3.63) is 54.1 Å². The number of hydrogen-bond acceptors (Lipinski definition) is 3. The summed E-state index contributed by atoms with van der Waals surface area (Å²) in [4.78, 5) is 2.37. The minimum Gasteiger partial charge on any atom is -0.491 e. The van der Waals surface area contributed by atoms with E-state index in [2.05, 4.69) is 46.6 Å². The summed E-state index contributed by atoms with van der Waals surface area (Å²) in [5.74, 6) is 0.976. The van der Waals surface area contributed by atoms with Crippen LogP contribution in [-0.4, -0.2) is 20.2 Å². The fraction of sp³-hybridized carbons (Fsp3) is 0.294. The molecule has 2 aromatic rings. The number of fused-ring (bicyclic) bond motifs is 1. The smallest absolute Gasteiger partial charge is 0.142 e. The van der Waals surface area contributed by atoms with Gasteiger partial charge in [-0.15, -0.1) is 0 Å². The first-order chi connectivity index (χ1) is 9.90. The van der Waals surface area contributed by atoms with Crippen LogP contribution in [0.15, 0.2) is 48.5 Å². The Morgan fingerprint density at radius 1 is 1.05 bits per heavy atom. The Morgan fingerprint density at radius 3 is 2.65 bits per heavy atom. The maximum atomic E-state index is 5.84. The topological polar surface area (TPSA) is 24.5 Å². The molecular formula is C17H20N2O.